The largest absolute Gasteiger partial charge is 0.496 e. The highest BCUT2D eigenvalue weighted by molar-refractivity contribution is 6.11. The van der Waals surface area contributed by atoms with Crippen molar-refractivity contribution < 1.29 is 19.4 Å². The van der Waals surface area contributed by atoms with E-state index >= 15 is 0 Å². The number of carbonyl (C=O) groups excluding carboxylic acids is 2. The molecule has 1 aliphatic rings. The summed E-state index contributed by atoms with van der Waals surface area (Å²) in [5.41, 5.74) is -1.05. The summed E-state index contributed by atoms with van der Waals surface area (Å²) < 4.78 is 5.15. The van der Waals surface area contributed by atoms with Crippen LogP contribution in [-0.4, -0.2) is 29.4 Å². The van der Waals surface area contributed by atoms with E-state index in [1.165, 1.54) is 20.1 Å². The van der Waals surface area contributed by atoms with Crippen molar-refractivity contribution >= 4 is 11.6 Å². The van der Waals surface area contributed by atoms with Crippen molar-refractivity contribution in [3.05, 3.63) is 23.0 Å². The van der Waals surface area contributed by atoms with Gasteiger partial charge in [-0.2, -0.15) is 0 Å². The van der Waals surface area contributed by atoms with E-state index in [0.29, 0.717) is 12.0 Å². The molecular weight excluding hydrogens is 232 g/mol. The first kappa shape index (κ1) is 14.6. The van der Waals surface area contributed by atoms with Crippen LogP contribution < -0.4 is 0 Å². The third-order valence-corrected chi connectivity index (χ3v) is 3.34. The van der Waals surface area contributed by atoms with Gasteiger partial charge in [0.05, 0.1) is 12.7 Å². The third kappa shape index (κ3) is 2.38. The predicted octanol–water partition coefficient (Wildman–Crippen LogP) is 1.78. The van der Waals surface area contributed by atoms with Crippen molar-refractivity contribution in [1.29, 1.82) is 0 Å². The molecule has 0 unspecified atom stereocenters. The topological polar surface area (TPSA) is 63.6 Å². The van der Waals surface area contributed by atoms with Gasteiger partial charge in [-0.15, -0.1) is 0 Å². The lowest BCUT2D eigenvalue weighted by atomic mass is 9.82. The molecule has 0 aromatic carbocycles. The molecule has 0 fully saturated rings. The minimum absolute atomic E-state index is 0.110. The van der Waals surface area contributed by atoms with Crippen LogP contribution in [0.2, 0.25) is 0 Å². The maximum absolute atomic E-state index is 12.2. The summed E-state index contributed by atoms with van der Waals surface area (Å²) in [5, 5.41) is 10.0. The summed E-state index contributed by atoms with van der Waals surface area (Å²) in [5.74, 6) is -0.434. The Morgan fingerprint density at radius 2 is 2.11 bits per heavy atom. The monoisotopic (exact) mass is 252 g/mol. The molecule has 0 spiro atoms. The Labute approximate surface area is 107 Å². The highest BCUT2D eigenvalue weighted by Gasteiger charge is 2.39. The molecular formula is C14H20O4. The van der Waals surface area contributed by atoms with Gasteiger partial charge >= 0.3 is 0 Å². The fourth-order valence-electron chi connectivity index (χ4n) is 1.99. The van der Waals surface area contributed by atoms with Crippen LogP contribution >= 0.6 is 0 Å². The van der Waals surface area contributed by atoms with E-state index in [1.807, 2.05) is 13.8 Å². The maximum atomic E-state index is 12.2. The second-order valence-corrected chi connectivity index (χ2v) is 4.87. The van der Waals surface area contributed by atoms with Gasteiger partial charge in [-0.1, -0.05) is 13.8 Å². The van der Waals surface area contributed by atoms with Crippen LogP contribution in [0.1, 0.15) is 34.1 Å². The number of methoxy groups -OCH3 is 1. The number of Topliss-reactive ketones (excluding diaryl/α,β-unsaturated/α-hetero) is 2. The van der Waals surface area contributed by atoms with Crippen molar-refractivity contribution in [3.63, 3.8) is 0 Å². The van der Waals surface area contributed by atoms with E-state index in [4.69, 9.17) is 4.74 Å². The highest BCUT2D eigenvalue weighted by Crippen LogP contribution is 2.31. The molecule has 2 atom stereocenters. The summed E-state index contributed by atoms with van der Waals surface area (Å²) in [6, 6.07) is 0. The molecule has 0 heterocycles. The zero-order chi connectivity index (χ0) is 14.1. The van der Waals surface area contributed by atoms with Gasteiger partial charge in [0.1, 0.15) is 11.4 Å². The number of rotatable bonds is 4. The van der Waals surface area contributed by atoms with Crippen LogP contribution in [0.4, 0.5) is 0 Å². The number of hydrogen-bond acceptors (Lipinski definition) is 4. The molecule has 0 aliphatic heterocycles. The Morgan fingerprint density at radius 3 is 2.56 bits per heavy atom. The van der Waals surface area contributed by atoms with E-state index in [-0.39, 0.29) is 23.0 Å². The van der Waals surface area contributed by atoms with Gasteiger partial charge in [0, 0.05) is 11.5 Å². The molecule has 0 radical (unpaired) electrons. The minimum Gasteiger partial charge on any atom is -0.496 e. The molecule has 0 aromatic rings. The first-order chi connectivity index (χ1) is 8.26. The lowest BCUT2D eigenvalue weighted by molar-refractivity contribution is -0.128. The van der Waals surface area contributed by atoms with Crippen molar-refractivity contribution in [2.24, 2.45) is 5.92 Å². The van der Waals surface area contributed by atoms with E-state index in [1.54, 1.807) is 6.92 Å². The predicted molar refractivity (Wildman–Crippen MR) is 67.9 cm³/mol. The van der Waals surface area contributed by atoms with Crippen LogP contribution in [0.15, 0.2) is 23.0 Å². The molecule has 1 rings (SSSR count). The number of aliphatic hydroxyl groups is 1. The van der Waals surface area contributed by atoms with Crippen LogP contribution in [-0.2, 0) is 14.3 Å². The summed E-state index contributed by atoms with van der Waals surface area (Å²) in [6.07, 6.45) is 2.00. The smallest absolute Gasteiger partial charge is 0.197 e. The number of ether oxygens (including phenoxy) is 1. The van der Waals surface area contributed by atoms with Crippen molar-refractivity contribution in [3.8, 4) is 0 Å². The van der Waals surface area contributed by atoms with E-state index in [9.17, 15) is 14.7 Å². The summed E-state index contributed by atoms with van der Waals surface area (Å²) in [6.45, 7) is 6.68. The third-order valence-electron chi connectivity index (χ3n) is 3.34. The molecule has 0 amide bonds. The van der Waals surface area contributed by atoms with Crippen LogP contribution in [0, 0.1) is 5.92 Å². The minimum atomic E-state index is -1.63. The van der Waals surface area contributed by atoms with Crippen LogP contribution in [0.3, 0.4) is 0 Å². The Kier molecular flexibility index (Phi) is 4.12. The quantitative estimate of drug-likeness (QED) is 0.828. The lowest BCUT2D eigenvalue weighted by Crippen LogP contribution is -2.39. The number of ketones is 2. The van der Waals surface area contributed by atoms with Gasteiger partial charge < -0.3 is 9.84 Å². The average Bonchev–Trinajstić information content (AvgIpc) is 2.33. The van der Waals surface area contributed by atoms with Crippen LogP contribution in [0.5, 0.6) is 0 Å². The fraction of sp³-hybridized carbons (Fsp3) is 0.571. The maximum Gasteiger partial charge on any atom is 0.197 e. The summed E-state index contributed by atoms with van der Waals surface area (Å²) >= 11 is 0. The number of allylic oxidation sites excluding steroid dienone is 1. The van der Waals surface area contributed by atoms with E-state index in [0.717, 1.165) is 0 Å². The zero-order valence-electron chi connectivity index (χ0n) is 11.5. The Hall–Kier alpha value is -1.42. The Morgan fingerprint density at radius 1 is 1.56 bits per heavy atom. The second kappa shape index (κ2) is 5.06. The molecule has 100 valence electrons. The van der Waals surface area contributed by atoms with Crippen molar-refractivity contribution in [2.75, 3.05) is 7.11 Å². The van der Waals surface area contributed by atoms with Gasteiger partial charge in [0.2, 0.25) is 0 Å². The number of hydrogen-bond donors (Lipinski definition) is 1. The molecule has 0 bridgehead atoms. The zero-order valence-corrected chi connectivity index (χ0v) is 11.5. The molecule has 4 heteroatoms. The average molecular weight is 252 g/mol. The van der Waals surface area contributed by atoms with Gasteiger partial charge in [-0.05, 0) is 26.3 Å². The highest BCUT2D eigenvalue weighted by atomic mass is 16.5. The van der Waals surface area contributed by atoms with E-state index in [2.05, 4.69) is 0 Å². The first-order valence-electron chi connectivity index (χ1n) is 6.05. The fourth-order valence-corrected chi connectivity index (χ4v) is 1.99. The molecule has 0 saturated carbocycles. The number of carbonyl (C=O) groups is 2. The van der Waals surface area contributed by atoms with Gasteiger partial charge in [-0.3, -0.25) is 9.59 Å². The Balaban J connectivity index is 3.31. The van der Waals surface area contributed by atoms with Gasteiger partial charge in [0.15, 0.2) is 11.6 Å². The van der Waals surface area contributed by atoms with Crippen LogP contribution in [0.25, 0.3) is 0 Å². The lowest BCUT2D eigenvalue weighted by Gasteiger charge is -2.27. The standard InChI is InChI=1S/C14H20O4/c1-6-8(2)11(15)10-7-14(4,17)13(16)9(3)12(10)18-5/h7-8,17H,6H2,1-5H3/t8-,14-/m1/s1. The molecule has 1 aliphatic carbocycles. The van der Waals surface area contributed by atoms with E-state index < -0.39 is 11.4 Å². The molecule has 0 aromatic heterocycles. The second-order valence-electron chi connectivity index (χ2n) is 4.87. The molecule has 1 N–H and O–H groups in total. The molecule has 0 saturated heterocycles. The Bertz CT molecular complexity index is 441. The summed E-state index contributed by atoms with van der Waals surface area (Å²) in [4.78, 5) is 24.1. The van der Waals surface area contributed by atoms with Crippen molar-refractivity contribution in [2.45, 2.75) is 39.7 Å². The molecule has 4 nitrogen and oxygen atoms in total. The summed E-state index contributed by atoms with van der Waals surface area (Å²) in [7, 11) is 1.42. The SMILES string of the molecule is CC[C@@H](C)C(=O)C1=C[C@@](C)(O)C(=O)C(C)=C1OC. The van der Waals surface area contributed by atoms with Gasteiger partial charge in [-0.25, -0.2) is 0 Å². The van der Waals surface area contributed by atoms with Crippen molar-refractivity contribution in [1.82, 2.24) is 0 Å². The molecule has 18 heavy (non-hydrogen) atoms. The normalized spacial score (nSPS) is 25.9. The first-order valence-corrected chi connectivity index (χ1v) is 6.05. The van der Waals surface area contributed by atoms with Gasteiger partial charge in [0.25, 0.3) is 0 Å².